The van der Waals surface area contributed by atoms with Crippen molar-refractivity contribution in [1.29, 1.82) is 0 Å². The molecule has 162 valence electrons. The summed E-state index contributed by atoms with van der Waals surface area (Å²) in [7, 11) is 3.26. The van der Waals surface area contributed by atoms with Crippen LogP contribution in [0.5, 0.6) is 11.5 Å². The first kappa shape index (κ1) is 22.2. The van der Waals surface area contributed by atoms with Gasteiger partial charge in [0.25, 0.3) is 0 Å². The monoisotopic (exact) mass is 410 g/mol. The summed E-state index contributed by atoms with van der Waals surface area (Å²) in [5, 5.41) is 3.09. The Kier molecular flexibility index (Phi) is 8.14. The molecule has 0 fully saturated rings. The van der Waals surface area contributed by atoms with E-state index in [9.17, 15) is 4.79 Å². The molecule has 0 radical (unpaired) electrons. The summed E-state index contributed by atoms with van der Waals surface area (Å²) in [6.45, 7) is 4.21. The fraction of sp³-hybridized carbons (Fsp3) is 0.480. The van der Waals surface area contributed by atoms with Gasteiger partial charge in [0.15, 0.2) is 11.5 Å². The lowest BCUT2D eigenvalue weighted by molar-refractivity contribution is -0.122. The van der Waals surface area contributed by atoms with Gasteiger partial charge in [-0.05, 0) is 67.5 Å². The minimum Gasteiger partial charge on any atom is -0.493 e. The third-order valence-corrected chi connectivity index (χ3v) is 5.88. The van der Waals surface area contributed by atoms with Gasteiger partial charge >= 0.3 is 0 Å². The van der Waals surface area contributed by atoms with Crippen molar-refractivity contribution in [3.63, 3.8) is 0 Å². The maximum atomic E-state index is 12.6. The molecule has 0 aliphatic heterocycles. The van der Waals surface area contributed by atoms with Crippen molar-refractivity contribution in [2.45, 2.75) is 45.1 Å². The smallest absolute Gasteiger partial charge is 0.234 e. The summed E-state index contributed by atoms with van der Waals surface area (Å²) in [6, 6.07) is 15.0. The molecule has 0 spiro atoms. The first-order valence-electron chi connectivity index (χ1n) is 10.9. The zero-order valence-electron chi connectivity index (χ0n) is 18.4. The van der Waals surface area contributed by atoms with Crippen molar-refractivity contribution in [3.8, 4) is 11.5 Å². The second-order valence-corrected chi connectivity index (χ2v) is 7.93. The van der Waals surface area contributed by atoms with Gasteiger partial charge in [-0.1, -0.05) is 37.3 Å². The summed E-state index contributed by atoms with van der Waals surface area (Å²) in [6.07, 6.45) is 5.07. The van der Waals surface area contributed by atoms with Crippen LogP contribution in [0.15, 0.2) is 42.5 Å². The number of hydrogen-bond acceptors (Lipinski definition) is 4. The molecule has 3 rings (SSSR count). The van der Waals surface area contributed by atoms with Gasteiger partial charge in [-0.2, -0.15) is 0 Å². The van der Waals surface area contributed by atoms with E-state index < -0.39 is 0 Å². The van der Waals surface area contributed by atoms with E-state index in [2.05, 4.69) is 41.4 Å². The third-order valence-electron chi connectivity index (χ3n) is 5.88. The molecule has 0 bridgehead atoms. The highest BCUT2D eigenvalue weighted by molar-refractivity contribution is 5.78. The van der Waals surface area contributed by atoms with Crippen LogP contribution in [0.3, 0.4) is 0 Å². The molecule has 0 heterocycles. The van der Waals surface area contributed by atoms with E-state index in [1.54, 1.807) is 14.2 Å². The lowest BCUT2D eigenvalue weighted by atomic mass is 9.87. The Bertz CT molecular complexity index is 837. The third kappa shape index (κ3) is 5.76. The first-order chi connectivity index (χ1) is 14.6. The predicted octanol–water partition coefficient (Wildman–Crippen LogP) is 3.63. The van der Waals surface area contributed by atoms with Crippen LogP contribution < -0.4 is 14.8 Å². The van der Waals surface area contributed by atoms with E-state index in [1.807, 2.05) is 18.2 Å². The topological polar surface area (TPSA) is 50.8 Å². The number of fused-ring (bicyclic) bond motifs is 1. The van der Waals surface area contributed by atoms with E-state index in [0.717, 1.165) is 50.0 Å². The van der Waals surface area contributed by atoms with E-state index in [0.29, 0.717) is 24.9 Å². The lowest BCUT2D eigenvalue weighted by Crippen LogP contribution is -2.45. The normalized spacial score (nSPS) is 15.5. The number of rotatable bonds is 10. The van der Waals surface area contributed by atoms with Crippen molar-refractivity contribution in [1.82, 2.24) is 10.2 Å². The second-order valence-electron chi connectivity index (χ2n) is 7.93. The number of benzene rings is 2. The van der Waals surface area contributed by atoms with Crippen molar-refractivity contribution in [3.05, 3.63) is 59.2 Å². The molecule has 5 nitrogen and oxygen atoms in total. The molecule has 0 saturated carbocycles. The summed E-state index contributed by atoms with van der Waals surface area (Å²) in [5.74, 6) is 1.53. The maximum absolute atomic E-state index is 12.6. The second kappa shape index (κ2) is 11.0. The summed E-state index contributed by atoms with van der Waals surface area (Å²) in [4.78, 5) is 15.0. The first-order valence-corrected chi connectivity index (χ1v) is 10.9. The maximum Gasteiger partial charge on any atom is 0.234 e. The Hall–Kier alpha value is -2.53. The predicted molar refractivity (Wildman–Crippen MR) is 120 cm³/mol. The number of aryl methyl sites for hydroxylation is 1. The molecule has 1 aliphatic rings. The fourth-order valence-electron chi connectivity index (χ4n) is 4.29. The Morgan fingerprint density at radius 3 is 2.60 bits per heavy atom. The molecule has 0 aromatic heterocycles. The molecule has 5 heteroatoms. The Morgan fingerprint density at radius 2 is 1.87 bits per heavy atom. The molecule has 1 N–H and O–H groups in total. The van der Waals surface area contributed by atoms with Crippen molar-refractivity contribution in [2.24, 2.45) is 0 Å². The van der Waals surface area contributed by atoms with E-state index in [4.69, 9.17) is 9.47 Å². The highest BCUT2D eigenvalue weighted by Crippen LogP contribution is 2.27. The zero-order valence-corrected chi connectivity index (χ0v) is 18.4. The van der Waals surface area contributed by atoms with E-state index >= 15 is 0 Å². The number of carbonyl (C=O) groups is 1. The number of carbonyl (C=O) groups excluding carboxylic acids is 1. The Labute approximate surface area is 180 Å². The molecule has 30 heavy (non-hydrogen) atoms. The molecule has 2 aromatic carbocycles. The standard InChI is InChI=1S/C25H34N2O3/c1-4-15-27(22-11-10-20-7-5-6-8-21(20)17-22)18-25(28)26-14-13-19-9-12-23(29-2)24(16-19)30-3/h5-9,12,16,22H,4,10-11,13-15,17-18H2,1-3H3,(H,26,28). The molecule has 0 saturated heterocycles. The quantitative estimate of drug-likeness (QED) is 0.650. The zero-order chi connectivity index (χ0) is 21.3. The molecular formula is C25H34N2O3. The van der Waals surface area contributed by atoms with Crippen LogP contribution in [0.25, 0.3) is 0 Å². The Morgan fingerprint density at radius 1 is 1.10 bits per heavy atom. The van der Waals surface area contributed by atoms with Gasteiger partial charge in [0.2, 0.25) is 5.91 Å². The van der Waals surface area contributed by atoms with Crippen LogP contribution in [0, 0.1) is 0 Å². The summed E-state index contributed by atoms with van der Waals surface area (Å²) in [5.41, 5.74) is 4.01. The Balaban J connectivity index is 1.51. The lowest BCUT2D eigenvalue weighted by Gasteiger charge is -2.34. The van der Waals surface area contributed by atoms with Gasteiger partial charge in [0, 0.05) is 12.6 Å². The minimum absolute atomic E-state index is 0.0998. The van der Waals surface area contributed by atoms with Crippen molar-refractivity contribution in [2.75, 3.05) is 33.9 Å². The van der Waals surface area contributed by atoms with Gasteiger partial charge in [0.1, 0.15) is 0 Å². The van der Waals surface area contributed by atoms with Crippen LogP contribution in [-0.4, -0.2) is 50.7 Å². The highest BCUT2D eigenvalue weighted by Gasteiger charge is 2.25. The average Bonchev–Trinajstić information content (AvgIpc) is 2.78. The van der Waals surface area contributed by atoms with Gasteiger partial charge in [-0.3, -0.25) is 9.69 Å². The van der Waals surface area contributed by atoms with Crippen LogP contribution in [-0.2, 0) is 24.1 Å². The number of ether oxygens (including phenoxy) is 2. The van der Waals surface area contributed by atoms with Gasteiger partial charge in [-0.25, -0.2) is 0 Å². The van der Waals surface area contributed by atoms with Gasteiger partial charge in [0.05, 0.1) is 20.8 Å². The summed E-state index contributed by atoms with van der Waals surface area (Å²) >= 11 is 0. The number of hydrogen-bond donors (Lipinski definition) is 1. The molecule has 1 atom stereocenters. The number of nitrogens with zero attached hydrogens (tertiary/aromatic N) is 1. The van der Waals surface area contributed by atoms with Crippen LogP contribution in [0.4, 0.5) is 0 Å². The largest absolute Gasteiger partial charge is 0.493 e. The van der Waals surface area contributed by atoms with Gasteiger partial charge < -0.3 is 14.8 Å². The summed E-state index contributed by atoms with van der Waals surface area (Å²) < 4.78 is 10.6. The van der Waals surface area contributed by atoms with Crippen molar-refractivity contribution >= 4 is 5.91 Å². The highest BCUT2D eigenvalue weighted by atomic mass is 16.5. The number of nitrogens with one attached hydrogen (secondary N) is 1. The van der Waals surface area contributed by atoms with Crippen LogP contribution >= 0.6 is 0 Å². The SMILES string of the molecule is CCCN(CC(=O)NCCc1ccc(OC)c(OC)c1)C1CCc2ccccc2C1. The van der Waals surface area contributed by atoms with E-state index in [1.165, 1.54) is 11.1 Å². The van der Waals surface area contributed by atoms with E-state index in [-0.39, 0.29) is 5.91 Å². The molecule has 1 amide bonds. The average molecular weight is 411 g/mol. The molecule has 1 unspecified atom stereocenters. The molecule has 1 aliphatic carbocycles. The van der Waals surface area contributed by atoms with Gasteiger partial charge in [-0.15, -0.1) is 0 Å². The fourth-order valence-corrected chi connectivity index (χ4v) is 4.29. The molecular weight excluding hydrogens is 376 g/mol. The van der Waals surface area contributed by atoms with Crippen LogP contribution in [0.1, 0.15) is 36.5 Å². The minimum atomic E-state index is 0.0998. The molecule has 2 aromatic rings. The number of amides is 1. The number of methoxy groups -OCH3 is 2. The van der Waals surface area contributed by atoms with Crippen molar-refractivity contribution < 1.29 is 14.3 Å². The van der Waals surface area contributed by atoms with Crippen LogP contribution in [0.2, 0.25) is 0 Å².